The minimum absolute atomic E-state index is 0.0152. The Morgan fingerprint density at radius 3 is 2.62 bits per heavy atom. The molecule has 148 valence electrons. The van der Waals surface area contributed by atoms with Gasteiger partial charge in [0.15, 0.2) is 0 Å². The van der Waals surface area contributed by atoms with Crippen LogP contribution in [-0.2, 0) is 4.79 Å². The lowest BCUT2D eigenvalue weighted by atomic mass is 10.2. The maximum Gasteiger partial charge on any atom is 0.293 e. The van der Waals surface area contributed by atoms with Gasteiger partial charge in [-0.25, -0.2) is 0 Å². The number of nitrogens with one attached hydrogen (secondary N) is 1. The molecule has 29 heavy (non-hydrogen) atoms. The van der Waals surface area contributed by atoms with E-state index in [2.05, 4.69) is 5.32 Å². The molecule has 0 spiro atoms. The van der Waals surface area contributed by atoms with Crippen molar-refractivity contribution in [2.24, 2.45) is 0 Å². The Morgan fingerprint density at radius 2 is 1.93 bits per heavy atom. The van der Waals surface area contributed by atoms with Gasteiger partial charge in [0.25, 0.3) is 22.7 Å². The van der Waals surface area contributed by atoms with E-state index in [0.29, 0.717) is 11.1 Å². The van der Waals surface area contributed by atoms with Gasteiger partial charge in [-0.1, -0.05) is 35.9 Å². The molecule has 3 rings (SSSR count). The number of imide groups is 1. The highest BCUT2D eigenvalue weighted by Crippen LogP contribution is 2.33. The number of nitrogens with zero attached hydrogens (tertiary/aromatic N) is 2. The second-order valence-corrected chi connectivity index (χ2v) is 7.32. The maximum absolute atomic E-state index is 12.5. The number of rotatable bonds is 6. The van der Waals surface area contributed by atoms with Gasteiger partial charge < -0.3 is 5.32 Å². The average Bonchev–Trinajstić information content (AvgIpc) is 2.97. The molecule has 1 heterocycles. The molecule has 2 aromatic carbocycles. The zero-order chi connectivity index (χ0) is 21.0. The molecule has 0 aromatic heterocycles. The van der Waals surface area contributed by atoms with E-state index in [-0.39, 0.29) is 34.6 Å². The smallest absolute Gasteiger partial charge is 0.293 e. The van der Waals surface area contributed by atoms with Crippen LogP contribution in [0.2, 0.25) is 5.02 Å². The van der Waals surface area contributed by atoms with Crippen molar-refractivity contribution in [1.82, 2.24) is 10.2 Å². The van der Waals surface area contributed by atoms with Gasteiger partial charge in [0, 0.05) is 24.7 Å². The monoisotopic (exact) mass is 431 g/mol. The zero-order valence-electron chi connectivity index (χ0n) is 14.8. The fourth-order valence-corrected chi connectivity index (χ4v) is 3.63. The quantitative estimate of drug-likeness (QED) is 0.424. The molecule has 1 fully saturated rings. The molecule has 1 aliphatic rings. The number of carbonyl (C=O) groups is 3. The van der Waals surface area contributed by atoms with Crippen molar-refractivity contribution in [3.05, 3.63) is 79.7 Å². The second-order valence-electron chi connectivity index (χ2n) is 5.92. The van der Waals surface area contributed by atoms with Crippen molar-refractivity contribution in [3.63, 3.8) is 0 Å². The molecule has 1 saturated heterocycles. The van der Waals surface area contributed by atoms with Crippen LogP contribution in [0.25, 0.3) is 6.08 Å². The predicted molar refractivity (Wildman–Crippen MR) is 110 cm³/mol. The van der Waals surface area contributed by atoms with Crippen molar-refractivity contribution >= 4 is 52.2 Å². The highest BCUT2D eigenvalue weighted by atomic mass is 35.5. The predicted octanol–water partition coefficient (Wildman–Crippen LogP) is 3.71. The van der Waals surface area contributed by atoms with Crippen LogP contribution < -0.4 is 5.32 Å². The summed E-state index contributed by atoms with van der Waals surface area (Å²) in [4.78, 5) is 48.2. The van der Waals surface area contributed by atoms with Gasteiger partial charge in [-0.3, -0.25) is 29.4 Å². The summed E-state index contributed by atoms with van der Waals surface area (Å²) in [7, 11) is 0. The Morgan fingerprint density at radius 1 is 1.21 bits per heavy atom. The molecule has 0 aliphatic carbocycles. The number of nitro benzene ring substituents is 1. The van der Waals surface area contributed by atoms with E-state index in [1.165, 1.54) is 24.3 Å². The third kappa shape index (κ3) is 4.82. The first kappa shape index (κ1) is 20.6. The molecule has 0 radical (unpaired) electrons. The fraction of sp³-hybridized carbons (Fsp3) is 0.105. The van der Waals surface area contributed by atoms with Crippen molar-refractivity contribution in [1.29, 1.82) is 0 Å². The molecule has 1 N–H and O–H groups in total. The summed E-state index contributed by atoms with van der Waals surface area (Å²) in [5.41, 5.74) is 0.568. The molecule has 1 aliphatic heterocycles. The second kappa shape index (κ2) is 8.89. The average molecular weight is 432 g/mol. The molecule has 2 aromatic rings. The molecule has 0 saturated carbocycles. The normalized spacial score (nSPS) is 15.1. The van der Waals surface area contributed by atoms with E-state index >= 15 is 0 Å². The van der Waals surface area contributed by atoms with Crippen molar-refractivity contribution in [2.45, 2.75) is 0 Å². The standard InChI is InChI=1S/C19H14ClN3O5S/c20-14-7-6-12(10-15(14)23(27)28)11-16-18(25)22(19(26)29-16)9-8-21-17(24)13-4-2-1-3-5-13/h1-7,10-11H,8-9H2,(H,21,24)/b16-11-. The summed E-state index contributed by atoms with van der Waals surface area (Å²) in [6.07, 6.45) is 1.40. The van der Waals surface area contributed by atoms with Crippen LogP contribution in [-0.4, -0.2) is 40.0 Å². The van der Waals surface area contributed by atoms with E-state index in [9.17, 15) is 24.5 Å². The number of hydrogen-bond donors (Lipinski definition) is 1. The van der Waals surface area contributed by atoms with Crippen molar-refractivity contribution in [3.8, 4) is 0 Å². The van der Waals surface area contributed by atoms with Gasteiger partial charge in [-0.05, 0) is 41.6 Å². The first-order valence-corrected chi connectivity index (χ1v) is 9.59. The molecule has 0 unspecified atom stereocenters. The largest absolute Gasteiger partial charge is 0.350 e. The Kier molecular flexibility index (Phi) is 6.30. The van der Waals surface area contributed by atoms with Gasteiger partial charge in [0.1, 0.15) is 5.02 Å². The summed E-state index contributed by atoms with van der Waals surface area (Å²) in [5.74, 6) is -0.826. The lowest BCUT2D eigenvalue weighted by Gasteiger charge is -2.13. The topological polar surface area (TPSA) is 110 Å². The van der Waals surface area contributed by atoms with Gasteiger partial charge in [-0.15, -0.1) is 0 Å². The molecule has 0 bridgehead atoms. The Hall–Kier alpha value is -3.17. The first-order chi connectivity index (χ1) is 13.9. The molecular formula is C19H14ClN3O5S. The van der Waals surface area contributed by atoms with E-state index in [0.717, 1.165) is 16.7 Å². The van der Waals surface area contributed by atoms with Gasteiger partial charge in [0.05, 0.1) is 9.83 Å². The molecular weight excluding hydrogens is 418 g/mol. The Balaban J connectivity index is 1.65. The SMILES string of the molecule is O=C(NCCN1C(=O)S/C(=C\c2ccc(Cl)c([N+](=O)[O-])c2)C1=O)c1ccccc1. The number of benzene rings is 2. The molecule has 3 amide bonds. The van der Waals surface area contributed by atoms with Crippen LogP contribution in [0.3, 0.4) is 0 Å². The Bertz CT molecular complexity index is 1030. The molecule has 0 atom stereocenters. The minimum Gasteiger partial charge on any atom is -0.350 e. The summed E-state index contributed by atoms with van der Waals surface area (Å²) in [6.45, 7) is 0.118. The summed E-state index contributed by atoms with van der Waals surface area (Å²) in [5, 5.41) is 13.1. The summed E-state index contributed by atoms with van der Waals surface area (Å²) >= 11 is 6.51. The van der Waals surface area contributed by atoms with Gasteiger partial charge >= 0.3 is 0 Å². The van der Waals surface area contributed by atoms with Crippen molar-refractivity contribution < 1.29 is 19.3 Å². The van der Waals surface area contributed by atoms with Crippen LogP contribution in [0, 0.1) is 10.1 Å². The third-order valence-corrected chi connectivity index (χ3v) is 5.22. The van der Waals surface area contributed by atoms with E-state index < -0.39 is 16.1 Å². The fourth-order valence-electron chi connectivity index (χ4n) is 2.58. The first-order valence-electron chi connectivity index (χ1n) is 8.39. The molecule has 8 nitrogen and oxygen atoms in total. The lowest BCUT2D eigenvalue weighted by Crippen LogP contribution is -2.37. The highest BCUT2D eigenvalue weighted by Gasteiger charge is 2.34. The van der Waals surface area contributed by atoms with Gasteiger partial charge in [-0.2, -0.15) is 0 Å². The third-order valence-electron chi connectivity index (χ3n) is 4.00. The zero-order valence-corrected chi connectivity index (χ0v) is 16.4. The van der Waals surface area contributed by atoms with Crippen LogP contribution in [0.4, 0.5) is 10.5 Å². The number of amides is 3. The molecule has 10 heteroatoms. The van der Waals surface area contributed by atoms with Crippen LogP contribution in [0.1, 0.15) is 15.9 Å². The van der Waals surface area contributed by atoms with E-state index in [1.54, 1.807) is 30.3 Å². The van der Waals surface area contributed by atoms with Crippen LogP contribution >= 0.6 is 23.4 Å². The van der Waals surface area contributed by atoms with Gasteiger partial charge in [0.2, 0.25) is 0 Å². The van der Waals surface area contributed by atoms with Crippen LogP contribution in [0.5, 0.6) is 0 Å². The summed E-state index contributed by atoms with van der Waals surface area (Å²) < 4.78 is 0. The highest BCUT2D eigenvalue weighted by molar-refractivity contribution is 8.18. The Labute approximate surface area is 174 Å². The van der Waals surface area contributed by atoms with Crippen molar-refractivity contribution in [2.75, 3.05) is 13.1 Å². The maximum atomic E-state index is 12.5. The van der Waals surface area contributed by atoms with E-state index in [4.69, 9.17) is 11.6 Å². The number of carbonyl (C=O) groups excluding carboxylic acids is 3. The number of nitro groups is 1. The number of thioether (sulfide) groups is 1. The van der Waals surface area contributed by atoms with E-state index in [1.807, 2.05) is 0 Å². The summed E-state index contributed by atoms with van der Waals surface area (Å²) in [6, 6.07) is 12.7. The van der Waals surface area contributed by atoms with Crippen LogP contribution in [0.15, 0.2) is 53.4 Å². The number of hydrogen-bond acceptors (Lipinski definition) is 6. The lowest BCUT2D eigenvalue weighted by molar-refractivity contribution is -0.384. The number of halogens is 1. The minimum atomic E-state index is -0.624.